The third-order valence-corrected chi connectivity index (χ3v) is 4.96. The van der Waals surface area contributed by atoms with Crippen LogP contribution in [0.5, 0.6) is 0 Å². The van der Waals surface area contributed by atoms with Gasteiger partial charge in [0, 0.05) is 13.0 Å². The highest BCUT2D eigenvalue weighted by molar-refractivity contribution is 7.14. The second kappa shape index (κ2) is 7.79. The second-order valence-corrected chi connectivity index (χ2v) is 6.47. The van der Waals surface area contributed by atoms with Crippen molar-refractivity contribution in [3.8, 4) is 0 Å². The summed E-state index contributed by atoms with van der Waals surface area (Å²) in [7, 11) is 0. The molecule has 2 rings (SSSR count). The van der Waals surface area contributed by atoms with Gasteiger partial charge < -0.3 is 10.2 Å². The Hall–Kier alpha value is -0.870. The van der Waals surface area contributed by atoms with Crippen molar-refractivity contribution in [3.63, 3.8) is 0 Å². The quantitative estimate of drug-likeness (QED) is 0.813. The maximum atomic E-state index is 12.1. The zero-order valence-electron chi connectivity index (χ0n) is 12.7. The van der Waals surface area contributed by atoms with Crippen molar-refractivity contribution >= 4 is 22.2 Å². The van der Waals surface area contributed by atoms with Crippen LogP contribution in [0.4, 0.5) is 5.00 Å². The van der Waals surface area contributed by atoms with Crippen molar-refractivity contribution in [1.82, 2.24) is 5.32 Å². The van der Waals surface area contributed by atoms with E-state index in [1.807, 2.05) is 0 Å². The SMILES string of the molecule is CCCCCc1ccsc1N(C(C)=O)C1CCNCC1. The van der Waals surface area contributed by atoms with Gasteiger partial charge in [0.05, 0.1) is 0 Å². The number of piperidine rings is 1. The number of amides is 1. The van der Waals surface area contributed by atoms with Crippen molar-refractivity contribution in [2.75, 3.05) is 18.0 Å². The first kappa shape index (κ1) is 15.5. The first-order valence-electron chi connectivity index (χ1n) is 7.81. The minimum atomic E-state index is 0.191. The number of nitrogens with one attached hydrogen (secondary N) is 1. The predicted molar refractivity (Wildman–Crippen MR) is 86.6 cm³/mol. The highest BCUT2D eigenvalue weighted by Crippen LogP contribution is 2.32. The fraction of sp³-hybridized carbons (Fsp3) is 0.688. The number of aryl methyl sites for hydroxylation is 1. The molecule has 0 spiro atoms. The first-order chi connectivity index (χ1) is 9.74. The third kappa shape index (κ3) is 3.83. The van der Waals surface area contributed by atoms with Crippen LogP contribution in [0.1, 0.15) is 51.5 Å². The molecule has 1 saturated heterocycles. The Morgan fingerprint density at radius 1 is 1.40 bits per heavy atom. The number of hydrogen-bond donors (Lipinski definition) is 1. The van der Waals surface area contributed by atoms with Gasteiger partial charge in [0.2, 0.25) is 5.91 Å². The Morgan fingerprint density at radius 2 is 2.15 bits per heavy atom. The lowest BCUT2D eigenvalue weighted by molar-refractivity contribution is -0.117. The van der Waals surface area contributed by atoms with Gasteiger partial charge in [0.15, 0.2) is 0 Å². The number of rotatable bonds is 6. The Labute approximate surface area is 126 Å². The molecule has 0 bridgehead atoms. The normalized spacial score (nSPS) is 16.3. The van der Waals surface area contributed by atoms with E-state index in [1.165, 1.54) is 29.8 Å². The average Bonchev–Trinajstić information content (AvgIpc) is 2.88. The van der Waals surface area contributed by atoms with Crippen molar-refractivity contribution in [2.24, 2.45) is 0 Å². The zero-order valence-corrected chi connectivity index (χ0v) is 13.5. The van der Waals surface area contributed by atoms with Gasteiger partial charge >= 0.3 is 0 Å². The fourth-order valence-electron chi connectivity index (χ4n) is 2.93. The first-order valence-corrected chi connectivity index (χ1v) is 8.69. The molecule has 0 saturated carbocycles. The summed E-state index contributed by atoms with van der Waals surface area (Å²) in [5.74, 6) is 0.191. The van der Waals surface area contributed by atoms with Crippen molar-refractivity contribution in [3.05, 3.63) is 17.0 Å². The number of nitrogens with zero attached hydrogens (tertiary/aromatic N) is 1. The molecule has 20 heavy (non-hydrogen) atoms. The molecule has 1 N–H and O–H groups in total. The number of anilines is 1. The molecule has 0 radical (unpaired) electrons. The fourth-order valence-corrected chi connectivity index (χ4v) is 4.00. The second-order valence-electron chi connectivity index (χ2n) is 5.58. The maximum absolute atomic E-state index is 12.1. The summed E-state index contributed by atoms with van der Waals surface area (Å²) in [6.07, 6.45) is 6.95. The molecule has 0 atom stereocenters. The molecule has 1 aromatic heterocycles. The van der Waals surface area contributed by atoms with Crippen molar-refractivity contribution < 1.29 is 4.79 Å². The highest BCUT2D eigenvalue weighted by Gasteiger charge is 2.26. The van der Waals surface area contributed by atoms with E-state index in [1.54, 1.807) is 18.3 Å². The van der Waals surface area contributed by atoms with Gasteiger partial charge in [-0.05, 0) is 55.8 Å². The van der Waals surface area contributed by atoms with Gasteiger partial charge in [-0.15, -0.1) is 11.3 Å². The molecular weight excluding hydrogens is 268 g/mol. The molecule has 112 valence electrons. The van der Waals surface area contributed by atoms with E-state index < -0.39 is 0 Å². The molecular formula is C16H26N2OS. The monoisotopic (exact) mass is 294 g/mol. The molecule has 1 fully saturated rings. The molecule has 3 nitrogen and oxygen atoms in total. The maximum Gasteiger partial charge on any atom is 0.224 e. The van der Waals surface area contributed by atoms with Gasteiger partial charge in [-0.25, -0.2) is 0 Å². The Bertz CT molecular complexity index is 424. The molecule has 0 unspecified atom stereocenters. The molecule has 4 heteroatoms. The van der Waals surface area contributed by atoms with Crippen molar-refractivity contribution in [1.29, 1.82) is 0 Å². The van der Waals surface area contributed by atoms with Crippen LogP contribution >= 0.6 is 11.3 Å². The Balaban J connectivity index is 2.12. The molecule has 0 aliphatic carbocycles. The van der Waals surface area contributed by atoms with Gasteiger partial charge in [0.25, 0.3) is 0 Å². The number of hydrogen-bond acceptors (Lipinski definition) is 3. The van der Waals surface area contributed by atoms with Gasteiger partial charge in [-0.2, -0.15) is 0 Å². The topological polar surface area (TPSA) is 32.3 Å². The lowest BCUT2D eigenvalue weighted by atomic mass is 10.0. The van der Waals surface area contributed by atoms with Gasteiger partial charge in [-0.3, -0.25) is 4.79 Å². The third-order valence-electron chi connectivity index (χ3n) is 4.01. The smallest absolute Gasteiger partial charge is 0.224 e. The lowest BCUT2D eigenvalue weighted by Gasteiger charge is -2.33. The number of thiophene rings is 1. The van der Waals surface area contributed by atoms with Crippen LogP contribution in [0.15, 0.2) is 11.4 Å². The molecule has 1 aliphatic rings. The van der Waals surface area contributed by atoms with Gasteiger partial charge in [0.1, 0.15) is 5.00 Å². The minimum Gasteiger partial charge on any atom is -0.317 e. The Kier molecular flexibility index (Phi) is 6.05. The highest BCUT2D eigenvalue weighted by atomic mass is 32.1. The van der Waals surface area contributed by atoms with E-state index in [0.29, 0.717) is 6.04 Å². The predicted octanol–water partition coefficient (Wildman–Crippen LogP) is 3.59. The van der Waals surface area contributed by atoms with Crippen molar-refractivity contribution in [2.45, 2.75) is 58.4 Å². The zero-order chi connectivity index (χ0) is 14.4. The van der Waals surface area contributed by atoms with Crippen LogP contribution in [0, 0.1) is 0 Å². The summed E-state index contributed by atoms with van der Waals surface area (Å²) in [4.78, 5) is 14.2. The number of carbonyl (C=O) groups excluding carboxylic acids is 1. The largest absolute Gasteiger partial charge is 0.317 e. The van der Waals surface area contributed by atoms with E-state index in [4.69, 9.17) is 0 Å². The molecule has 1 amide bonds. The van der Waals surface area contributed by atoms with E-state index >= 15 is 0 Å². The van der Waals surface area contributed by atoms with Crippen LogP contribution in [0.2, 0.25) is 0 Å². The van der Waals surface area contributed by atoms with Crippen LogP contribution in [-0.2, 0) is 11.2 Å². The summed E-state index contributed by atoms with van der Waals surface area (Å²) in [6, 6.07) is 2.57. The molecule has 2 heterocycles. The summed E-state index contributed by atoms with van der Waals surface area (Å²) in [5, 5.41) is 6.70. The summed E-state index contributed by atoms with van der Waals surface area (Å²) in [5.41, 5.74) is 1.36. The Morgan fingerprint density at radius 3 is 2.80 bits per heavy atom. The van der Waals surface area contributed by atoms with E-state index in [2.05, 4.69) is 28.6 Å². The van der Waals surface area contributed by atoms with E-state index in [9.17, 15) is 4.79 Å². The summed E-state index contributed by atoms with van der Waals surface area (Å²) < 4.78 is 0. The van der Waals surface area contributed by atoms with Gasteiger partial charge in [-0.1, -0.05) is 19.8 Å². The van der Waals surface area contributed by atoms with E-state index in [0.717, 1.165) is 32.4 Å². The average molecular weight is 294 g/mol. The number of unbranched alkanes of at least 4 members (excludes halogenated alkanes) is 2. The van der Waals surface area contributed by atoms with Crippen LogP contribution in [0.3, 0.4) is 0 Å². The van der Waals surface area contributed by atoms with Crippen LogP contribution in [-0.4, -0.2) is 25.0 Å². The molecule has 1 aliphatic heterocycles. The van der Waals surface area contributed by atoms with Crippen LogP contribution in [0.25, 0.3) is 0 Å². The summed E-state index contributed by atoms with van der Waals surface area (Å²) >= 11 is 1.72. The van der Waals surface area contributed by atoms with E-state index in [-0.39, 0.29) is 5.91 Å². The summed E-state index contributed by atoms with van der Waals surface area (Å²) in [6.45, 7) is 5.97. The minimum absolute atomic E-state index is 0.191. The standard InChI is InChI=1S/C16H26N2OS/c1-3-4-5-6-14-9-12-20-16(14)18(13(2)19)15-7-10-17-11-8-15/h9,12,15,17H,3-8,10-11H2,1-2H3. The molecule has 0 aromatic carbocycles. The number of carbonyl (C=O) groups is 1. The van der Waals surface area contributed by atoms with Crippen LogP contribution < -0.4 is 10.2 Å². The molecule has 1 aromatic rings. The lowest BCUT2D eigenvalue weighted by Crippen LogP contribution is -2.45.